The molecule has 2 fully saturated rings. The zero-order chi connectivity index (χ0) is 23.2. The number of hydrogen-bond acceptors (Lipinski definition) is 7. The van der Waals surface area contributed by atoms with Crippen molar-refractivity contribution >= 4 is 53.8 Å². The van der Waals surface area contributed by atoms with Crippen LogP contribution < -0.4 is 0 Å². The molecule has 0 N–H and O–H groups in total. The van der Waals surface area contributed by atoms with Gasteiger partial charge in [-0.3, -0.25) is 9.48 Å². The standard InChI is InChI=1S/C22H23BrFN3O4S2/c23-16-3-4-17-15(22(16)33(29,30)14-1-2-14)11-26-27(17)18(9-13-5-7-31-8-6-13)19(28)10-21-25-12-20(24)32-21/h3-4,11-14,18H,1-2,5-10H2. The van der Waals surface area contributed by atoms with Crippen molar-refractivity contribution in [3.63, 3.8) is 0 Å². The van der Waals surface area contributed by atoms with Gasteiger partial charge in [0.25, 0.3) is 0 Å². The fourth-order valence-electron chi connectivity index (χ4n) is 4.45. The number of nitrogens with zero attached hydrogens (tertiary/aromatic N) is 3. The Morgan fingerprint density at radius 1 is 1.24 bits per heavy atom. The van der Waals surface area contributed by atoms with Gasteiger partial charge in [0.15, 0.2) is 20.8 Å². The quantitative estimate of drug-likeness (QED) is 0.406. The van der Waals surface area contributed by atoms with Gasteiger partial charge in [0.2, 0.25) is 0 Å². The first kappa shape index (κ1) is 23.1. The molecule has 0 spiro atoms. The second kappa shape index (κ2) is 9.16. The Kier molecular flexibility index (Phi) is 6.41. The van der Waals surface area contributed by atoms with Gasteiger partial charge in [0.1, 0.15) is 11.0 Å². The maximum absolute atomic E-state index is 13.4. The number of fused-ring (bicyclic) bond motifs is 1. The fraction of sp³-hybridized carbons (Fsp3) is 0.500. The average Bonchev–Trinajstić information content (AvgIpc) is 3.47. The predicted molar refractivity (Wildman–Crippen MR) is 126 cm³/mol. The van der Waals surface area contributed by atoms with E-state index < -0.39 is 21.0 Å². The van der Waals surface area contributed by atoms with Crippen molar-refractivity contribution in [2.75, 3.05) is 13.2 Å². The Labute approximate surface area is 203 Å². The lowest BCUT2D eigenvalue weighted by molar-refractivity contribution is -0.122. The zero-order valence-electron chi connectivity index (χ0n) is 17.7. The molecule has 1 aliphatic carbocycles. The summed E-state index contributed by atoms with van der Waals surface area (Å²) in [5, 5.41) is 4.66. The summed E-state index contributed by atoms with van der Waals surface area (Å²) in [7, 11) is -3.48. The van der Waals surface area contributed by atoms with E-state index in [2.05, 4.69) is 26.0 Å². The Balaban J connectivity index is 1.55. The van der Waals surface area contributed by atoms with Crippen LogP contribution in [-0.2, 0) is 25.8 Å². The maximum Gasteiger partial charge on any atom is 0.196 e. The van der Waals surface area contributed by atoms with Gasteiger partial charge < -0.3 is 4.74 Å². The summed E-state index contributed by atoms with van der Waals surface area (Å²) in [5.41, 5.74) is 0.605. The highest BCUT2D eigenvalue weighted by Crippen LogP contribution is 2.41. The smallest absolute Gasteiger partial charge is 0.196 e. The lowest BCUT2D eigenvalue weighted by atomic mass is 9.90. The van der Waals surface area contributed by atoms with Gasteiger partial charge >= 0.3 is 0 Å². The summed E-state index contributed by atoms with van der Waals surface area (Å²) in [6.07, 6.45) is 6.26. The first-order valence-electron chi connectivity index (χ1n) is 10.9. The highest BCUT2D eigenvalue weighted by atomic mass is 79.9. The van der Waals surface area contributed by atoms with E-state index in [4.69, 9.17) is 4.74 Å². The number of carbonyl (C=O) groups excluding carboxylic acids is 1. The molecule has 7 nitrogen and oxygen atoms in total. The molecule has 3 heterocycles. The van der Waals surface area contributed by atoms with E-state index in [1.54, 1.807) is 23.0 Å². The monoisotopic (exact) mass is 555 g/mol. The number of thiazole rings is 1. The second-order valence-electron chi connectivity index (χ2n) is 8.65. The van der Waals surface area contributed by atoms with Gasteiger partial charge in [-0.25, -0.2) is 13.4 Å². The second-order valence-corrected chi connectivity index (χ2v) is 12.7. The first-order valence-corrected chi connectivity index (χ1v) is 14.1. The molecule has 2 aromatic heterocycles. The van der Waals surface area contributed by atoms with Crippen molar-refractivity contribution in [3.8, 4) is 0 Å². The lowest BCUT2D eigenvalue weighted by Crippen LogP contribution is -2.27. The number of ketones is 1. The van der Waals surface area contributed by atoms with E-state index >= 15 is 0 Å². The maximum atomic E-state index is 13.4. The number of hydrogen-bond donors (Lipinski definition) is 0. The Morgan fingerprint density at radius 3 is 2.67 bits per heavy atom. The molecule has 11 heteroatoms. The predicted octanol–water partition coefficient (Wildman–Crippen LogP) is 4.50. The van der Waals surface area contributed by atoms with Crippen LogP contribution >= 0.6 is 27.3 Å². The number of ether oxygens (including phenoxy) is 1. The normalized spacial score (nSPS) is 18.6. The molecular formula is C22H23BrFN3O4S2. The van der Waals surface area contributed by atoms with Crippen LogP contribution in [-0.4, -0.2) is 47.4 Å². The number of carbonyl (C=O) groups is 1. The summed E-state index contributed by atoms with van der Waals surface area (Å²) in [5.74, 6) is 0.167. The van der Waals surface area contributed by atoms with Crippen LogP contribution in [0.3, 0.4) is 0 Å². The van der Waals surface area contributed by atoms with Crippen molar-refractivity contribution in [2.24, 2.45) is 5.92 Å². The third kappa shape index (κ3) is 4.65. The van der Waals surface area contributed by atoms with E-state index in [-0.39, 0.29) is 28.3 Å². The van der Waals surface area contributed by atoms with Crippen molar-refractivity contribution in [2.45, 2.75) is 54.7 Å². The number of halogens is 2. The summed E-state index contributed by atoms with van der Waals surface area (Å²) in [4.78, 5) is 17.7. The van der Waals surface area contributed by atoms with Crippen LogP contribution in [0.25, 0.3) is 10.9 Å². The summed E-state index contributed by atoms with van der Waals surface area (Å²) in [6.45, 7) is 1.31. The molecule has 1 saturated carbocycles. The van der Waals surface area contributed by atoms with Crippen molar-refractivity contribution < 1.29 is 22.3 Å². The molecule has 33 heavy (non-hydrogen) atoms. The van der Waals surface area contributed by atoms with Crippen LogP contribution in [0.1, 0.15) is 43.2 Å². The molecule has 0 bridgehead atoms. The van der Waals surface area contributed by atoms with E-state index in [1.165, 1.54) is 0 Å². The molecule has 2 aliphatic rings. The van der Waals surface area contributed by atoms with Gasteiger partial charge in [-0.2, -0.15) is 9.49 Å². The molecule has 0 amide bonds. The van der Waals surface area contributed by atoms with E-state index in [9.17, 15) is 17.6 Å². The van der Waals surface area contributed by atoms with Gasteiger partial charge in [-0.05, 0) is 66.1 Å². The van der Waals surface area contributed by atoms with E-state index in [1.807, 2.05) is 0 Å². The molecule has 1 saturated heterocycles. The zero-order valence-corrected chi connectivity index (χ0v) is 21.0. The average molecular weight is 556 g/mol. The molecule has 1 aliphatic heterocycles. The molecule has 176 valence electrons. The third-order valence-corrected chi connectivity index (χ3v) is 10.4. The number of rotatable bonds is 8. The fourth-order valence-corrected chi connectivity index (χ4v) is 8.02. The molecule has 3 aromatic rings. The van der Waals surface area contributed by atoms with Gasteiger partial charge in [-0.15, -0.1) is 0 Å². The van der Waals surface area contributed by atoms with Gasteiger partial charge in [-0.1, -0.05) is 11.3 Å². The number of benzene rings is 1. The Bertz CT molecular complexity index is 1300. The van der Waals surface area contributed by atoms with Crippen molar-refractivity contribution in [3.05, 3.63) is 39.1 Å². The summed E-state index contributed by atoms with van der Waals surface area (Å²) < 4.78 is 47.3. The number of Topliss-reactive ketones (excluding diaryl/α,β-unsaturated/α-hetero) is 1. The highest BCUT2D eigenvalue weighted by molar-refractivity contribution is 9.10. The molecule has 5 rings (SSSR count). The summed E-state index contributed by atoms with van der Waals surface area (Å²) in [6, 6.07) is 2.91. The minimum atomic E-state index is -3.48. The van der Waals surface area contributed by atoms with Crippen LogP contribution in [0.5, 0.6) is 0 Å². The van der Waals surface area contributed by atoms with E-state index in [0.717, 1.165) is 30.4 Å². The van der Waals surface area contributed by atoms with Crippen LogP contribution in [0.2, 0.25) is 0 Å². The minimum Gasteiger partial charge on any atom is -0.381 e. The molecule has 0 radical (unpaired) electrons. The first-order chi connectivity index (χ1) is 15.8. The van der Waals surface area contributed by atoms with E-state index in [0.29, 0.717) is 52.9 Å². The van der Waals surface area contributed by atoms with Crippen LogP contribution in [0.4, 0.5) is 4.39 Å². The summed E-state index contributed by atoms with van der Waals surface area (Å²) >= 11 is 4.28. The molecule has 1 unspecified atom stereocenters. The van der Waals surface area contributed by atoms with Crippen LogP contribution in [0.15, 0.2) is 33.9 Å². The van der Waals surface area contributed by atoms with Crippen molar-refractivity contribution in [1.29, 1.82) is 0 Å². The van der Waals surface area contributed by atoms with Gasteiger partial charge in [0, 0.05) is 23.1 Å². The molecule has 1 aromatic carbocycles. The Morgan fingerprint density at radius 2 is 2.00 bits per heavy atom. The molecule has 1 atom stereocenters. The SMILES string of the molecule is O=C(Cc1ncc(F)s1)C(CC1CCOCC1)n1ncc2c(S(=O)(=O)C3CC3)c(Br)ccc21. The molecular weight excluding hydrogens is 533 g/mol. The van der Waals surface area contributed by atoms with Gasteiger partial charge in [0.05, 0.1) is 34.5 Å². The third-order valence-electron chi connectivity index (χ3n) is 6.35. The minimum absolute atomic E-state index is 0.00752. The Hall–Kier alpha value is -1.69. The topological polar surface area (TPSA) is 91.2 Å². The number of aromatic nitrogens is 3. The van der Waals surface area contributed by atoms with Crippen molar-refractivity contribution in [1.82, 2.24) is 14.8 Å². The van der Waals surface area contributed by atoms with Crippen LogP contribution in [0, 0.1) is 11.0 Å². The highest BCUT2D eigenvalue weighted by Gasteiger charge is 2.39. The number of sulfone groups is 1. The lowest BCUT2D eigenvalue weighted by Gasteiger charge is -2.26. The largest absolute Gasteiger partial charge is 0.381 e.